The monoisotopic (exact) mass is 1060 g/mol. The van der Waals surface area contributed by atoms with E-state index in [1.807, 2.05) is 0 Å². The van der Waals surface area contributed by atoms with Gasteiger partial charge in [-0.3, -0.25) is 9.59 Å². The normalized spacial score (nSPS) is 30.7. The van der Waals surface area contributed by atoms with Crippen molar-refractivity contribution in [3.05, 3.63) is 102 Å². The Morgan fingerprint density at radius 3 is 1.60 bits per heavy atom. The lowest BCUT2D eigenvalue weighted by molar-refractivity contribution is -0.328. The van der Waals surface area contributed by atoms with Crippen LogP contribution in [0.4, 0.5) is 0 Å². The number of carbonyl (C=O) groups is 4. The Balaban J connectivity index is 1.23. The highest BCUT2D eigenvalue weighted by Gasteiger charge is 2.54. The van der Waals surface area contributed by atoms with Gasteiger partial charge >= 0.3 is 23.9 Å². The Morgan fingerprint density at radius 2 is 1.11 bits per heavy atom. The standard InChI is InChI=1S/C51H64O24/c1-26(2)19-51(50(65)68-24-30-11-16-32(17-12-30)70-48-44(63)42(61)39(58)34(22-53)72-48,20-37(56)67-23-29-9-14-31(15-10-29)69-47-43(62)41(60)38(57)33(21-52)71-47)75-49-45(64)46(40(59)35(73-49)25-66-27(3)54)74-36(55)18-13-28-7-5-4-6-8-28/h4-18,26,33-35,38-49,52-53,57-64H,19-25H2,1-3H3/b18-13+/t33-,34-,35+,38+,39-,40-,41-,42+,43-,44-,45-,46+,47+,48-,49+,51-/m1/s1. The summed E-state index contributed by atoms with van der Waals surface area (Å²) in [4.78, 5) is 53.7. The molecule has 16 atom stereocenters. The summed E-state index contributed by atoms with van der Waals surface area (Å²) in [6.07, 6.45) is -23.3. The van der Waals surface area contributed by atoms with Gasteiger partial charge in [0.15, 0.2) is 18.0 Å². The molecule has 0 radical (unpaired) electrons. The van der Waals surface area contributed by atoms with E-state index in [2.05, 4.69) is 0 Å². The first-order valence-electron chi connectivity index (χ1n) is 23.9. The van der Waals surface area contributed by atoms with Crippen LogP contribution >= 0.6 is 0 Å². The summed E-state index contributed by atoms with van der Waals surface area (Å²) in [5, 5.41) is 104. The van der Waals surface area contributed by atoms with Crippen molar-refractivity contribution in [3.8, 4) is 11.5 Å². The molecule has 3 aromatic rings. The highest BCUT2D eigenvalue weighted by atomic mass is 16.7. The molecule has 0 unspecified atom stereocenters. The van der Waals surface area contributed by atoms with E-state index in [1.54, 1.807) is 44.2 Å². The van der Waals surface area contributed by atoms with Crippen molar-refractivity contribution < 1.29 is 118 Å². The molecule has 0 spiro atoms. The van der Waals surface area contributed by atoms with E-state index in [1.165, 1.54) is 54.6 Å². The van der Waals surface area contributed by atoms with Crippen LogP contribution in [0.5, 0.6) is 11.5 Å². The lowest BCUT2D eigenvalue weighted by atomic mass is 9.88. The molecule has 3 aliphatic heterocycles. The molecule has 3 aromatic carbocycles. The zero-order valence-corrected chi connectivity index (χ0v) is 41.0. The SMILES string of the molecule is CC(=O)OC[C@@H]1O[C@@H](O[C@@](CC(=O)OCc2ccc(O[C@H]3O[C@H](CO)[C@H](O)[C@@H](O)[C@H]3O)cc2)(CC(C)C)C(=O)OCc2ccc(O[C@@H]3O[C@H](CO)[C@@H](O)[C@H](O)[C@H]3O)cc2)[C@H](O)[C@@H](OC(=O)/C=C/c2ccccc2)[C@@H]1O. The average molecular weight is 1060 g/mol. The van der Waals surface area contributed by atoms with Gasteiger partial charge in [-0.2, -0.15) is 0 Å². The van der Waals surface area contributed by atoms with Gasteiger partial charge in [-0.15, -0.1) is 0 Å². The van der Waals surface area contributed by atoms with Crippen molar-refractivity contribution in [1.82, 2.24) is 0 Å². The van der Waals surface area contributed by atoms with Gasteiger partial charge in [0.25, 0.3) is 0 Å². The van der Waals surface area contributed by atoms with Crippen LogP contribution in [0.2, 0.25) is 0 Å². The minimum absolute atomic E-state index is 0.102. The molecule has 0 saturated carbocycles. The summed E-state index contributed by atoms with van der Waals surface area (Å²) in [7, 11) is 0. The Labute approximate surface area is 430 Å². The van der Waals surface area contributed by atoms with Crippen LogP contribution in [0.15, 0.2) is 84.9 Å². The molecule has 412 valence electrons. The van der Waals surface area contributed by atoms with Crippen molar-refractivity contribution in [3.63, 3.8) is 0 Å². The van der Waals surface area contributed by atoms with Gasteiger partial charge in [0.1, 0.15) is 98.5 Å². The average Bonchev–Trinajstić information content (AvgIpc) is 3.39. The van der Waals surface area contributed by atoms with E-state index >= 15 is 0 Å². The van der Waals surface area contributed by atoms with Crippen LogP contribution in [0, 0.1) is 5.92 Å². The van der Waals surface area contributed by atoms with Gasteiger partial charge in [0.05, 0.1) is 19.6 Å². The van der Waals surface area contributed by atoms with Crippen LogP contribution in [-0.2, 0) is 70.3 Å². The Kier molecular flexibility index (Phi) is 21.0. The van der Waals surface area contributed by atoms with Crippen molar-refractivity contribution in [2.24, 2.45) is 5.92 Å². The molecule has 3 heterocycles. The molecule has 0 amide bonds. The largest absolute Gasteiger partial charge is 0.463 e. The first-order chi connectivity index (χ1) is 35.7. The number of rotatable bonds is 22. The molecule has 0 aliphatic carbocycles. The maximum atomic E-state index is 14.7. The molecule has 24 nitrogen and oxygen atoms in total. The van der Waals surface area contributed by atoms with Gasteiger partial charge in [0.2, 0.25) is 12.6 Å². The zero-order chi connectivity index (χ0) is 54.6. The maximum Gasteiger partial charge on any atom is 0.339 e. The molecule has 3 fully saturated rings. The fourth-order valence-corrected chi connectivity index (χ4v) is 8.28. The van der Waals surface area contributed by atoms with Crippen molar-refractivity contribution in [1.29, 1.82) is 0 Å². The Morgan fingerprint density at radius 1 is 0.600 bits per heavy atom. The number of aliphatic hydroxyl groups excluding tert-OH is 10. The summed E-state index contributed by atoms with van der Waals surface area (Å²) in [6, 6.07) is 20.2. The van der Waals surface area contributed by atoms with Crippen LogP contribution in [0.1, 0.15) is 50.3 Å². The summed E-state index contributed by atoms with van der Waals surface area (Å²) < 4.78 is 56.5. The van der Waals surface area contributed by atoms with Crippen LogP contribution in [0.3, 0.4) is 0 Å². The lowest BCUT2D eigenvalue weighted by Gasteiger charge is -2.44. The number of hydrogen-bond donors (Lipinski definition) is 10. The smallest absolute Gasteiger partial charge is 0.339 e. The van der Waals surface area contributed by atoms with Gasteiger partial charge in [0, 0.05) is 13.0 Å². The topological polar surface area (TPSA) is 363 Å². The van der Waals surface area contributed by atoms with E-state index in [0.29, 0.717) is 16.7 Å². The molecule has 75 heavy (non-hydrogen) atoms. The molecule has 0 bridgehead atoms. The molecular weight excluding hydrogens is 997 g/mol. The quantitative estimate of drug-likeness (QED) is 0.0316. The van der Waals surface area contributed by atoms with Crippen LogP contribution in [0.25, 0.3) is 6.08 Å². The van der Waals surface area contributed by atoms with Crippen molar-refractivity contribution in [2.45, 2.75) is 145 Å². The zero-order valence-electron chi connectivity index (χ0n) is 41.0. The predicted molar refractivity (Wildman–Crippen MR) is 252 cm³/mol. The van der Waals surface area contributed by atoms with Crippen LogP contribution in [-0.4, -0.2) is 192 Å². The molecular formula is C51H64O24. The maximum absolute atomic E-state index is 14.7. The lowest BCUT2D eigenvalue weighted by Crippen LogP contribution is -2.63. The fourth-order valence-electron chi connectivity index (χ4n) is 8.28. The number of carbonyl (C=O) groups excluding carboxylic acids is 4. The molecule has 3 saturated heterocycles. The van der Waals surface area contributed by atoms with Crippen molar-refractivity contribution in [2.75, 3.05) is 19.8 Å². The first-order valence-corrected chi connectivity index (χ1v) is 23.9. The fraction of sp³-hybridized carbons (Fsp3) is 0.529. The van der Waals surface area contributed by atoms with Crippen molar-refractivity contribution >= 4 is 30.0 Å². The molecule has 10 N–H and O–H groups in total. The minimum atomic E-state index is -2.37. The van der Waals surface area contributed by atoms with E-state index in [4.69, 9.17) is 47.4 Å². The second-order valence-electron chi connectivity index (χ2n) is 18.5. The number of ether oxygens (including phenoxy) is 10. The second kappa shape index (κ2) is 26.9. The Bertz CT molecular complexity index is 2330. The molecule has 3 aliphatic rings. The minimum Gasteiger partial charge on any atom is -0.463 e. The summed E-state index contributed by atoms with van der Waals surface area (Å²) in [5.41, 5.74) is -1.02. The number of aliphatic hydroxyl groups is 10. The molecule has 24 heteroatoms. The van der Waals surface area contributed by atoms with E-state index in [-0.39, 0.29) is 17.9 Å². The van der Waals surface area contributed by atoms with E-state index in [0.717, 1.165) is 13.0 Å². The third-order valence-electron chi connectivity index (χ3n) is 12.3. The number of benzene rings is 3. The summed E-state index contributed by atoms with van der Waals surface area (Å²) >= 11 is 0. The summed E-state index contributed by atoms with van der Waals surface area (Å²) in [6.45, 7) is 1.62. The van der Waals surface area contributed by atoms with Gasteiger partial charge in [-0.25, -0.2) is 9.59 Å². The first kappa shape index (κ1) is 58.6. The second-order valence-corrected chi connectivity index (χ2v) is 18.5. The number of hydrogen-bond acceptors (Lipinski definition) is 24. The summed E-state index contributed by atoms with van der Waals surface area (Å²) in [5.74, 6) is -4.23. The van der Waals surface area contributed by atoms with Gasteiger partial charge < -0.3 is 98.4 Å². The van der Waals surface area contributed by atoms with Crippen LogP contribution < -0.4 is 9.47 Å². The molecule has 0 aromatic heterocycles. The predicted octanol–water partition coefficient (Wildman–Crippen LogP) is -1.34. The third kappa shape index (κ3) is 15.5. The van der Waals surface area contributed by atoms with E-state index < -0.39 is 167 Å². The van der Waals surface area contributed by atoms with E-state index in [9.17, 15) is 70.2 Å². The highest BCUT2D eigenvalue weighted by molar-refractivity contribution is 5.87. The molecule has 6 rings (SSSR count). The van der Waals surface area contributed by atoms with Gasteiger partial charge in [-0.05, 0) is 59.4 Å². The third-order valence-corrected chi connectivity index (χ3v) is 12.3. The highest BCUT2D eigenvalue weighted by Crippen LogP contribution is 2.36. The number of esters is 4. The van der Waals surface area contributed by atoms with Gasteiger partial charge in [-0.1, -0.05) is 68.4 Å². The Hall–Kier alpha value is -5.68.